The summed E-state index contributed by atoms with van der Waals surface area (Å²) in [5, 5.41) is 11.3. The van der Waals surface area contributed by atoms with Crippen LogP contribution in [-0.2, 0) is 4.79 Å². The van der Waals surface area contributed by atoms with Crippen LogP contribution < -0.4 is 16.1 Å². The number of rotatable bonds is 8. The van der Waals surface area contributed by atoms with Crippen LogP contribution in [0, 0.1) is 0 Å². The lowest BCUT2D eigenvalue weighted by Gasteiger charge is -2.13. The molecule has 2 radical (unpaired) electrons. The Morgan fingerprint density at radius 3 is 2.66 bits per heavy atom. The van der Waals surface area contributed by atoms with Crippen molar-refractivity contribution in [3.8, 4) is 11.3 Å². The van der Waals surface area contributed by atoms with Crippen LogP contribution in [0.5, 0.6) is 0 Å². The molecular formula is C26H23BClN5O2. The van der Waals surface area contributed by atoms with E-state index in [0.29, 0.717) is 40.5 Å². The van der Waals surface area contributed by atoms with Gasteiger partial charge < -0.3 is 10.6 Å². The van der Waals surface area contributed by atoms with Crippen LogP contribution in [0.25, 0.3) is 16.9 Å². The number of aromatic nitrogens is 3. The van der Waals surface area contributed by atoms with Crippen molar-refractivity contribution in [3.05, 3.63) is 76.9 Å². The molecule has 2 aromatic carbocycles. The molecule has 174 valence electrons. The highest BCUT2D eigenvalue weighted by molar-refractivity contribution is 6.36. The SMILES string of the molecule is [B]c1cnn2c(NCCCCNC(=O)C3CC(=O)c4ccccc43)cc(-c3ccccc3Cl)nc12. The van der Waals surface area contributed by atoms with Gasteiger partial charge in [-0.3, -0.25) is 9.59 Å². The Morgan fingerprint density at radius 2 is 1.83 bits per heavy atom. The lowest BCUT2D eigenvalue weighted by molar-refractivity contribution is -0.122. The van der Waals surface area contributed by atoms with Crippen molar-refractivity contribution < 1.29 is 9.59 Å². The Balaban J connectivity index is 1.18. The Kier molecular flexibility index (Phi) is 6.55. The number of carbonyl (C=O) groups is 2. The maximum atomic E-state index is 12.6. The first-order chi connectivity index (χ1) is 17.0. The lowest BCUT2D eigenvalue weighted by atomic mass is 10.0. The number of anilines is 1. The van der Waals surface area contributed by atoms with E-state index in [1.807, 2.05) is 48.5 Å². The van der Waals surface area contributed by atoms with Crippen molar-refractivity contribution in [2.75, 3.05) is 18.4 Å². The highest BCUT2D eigenvalue weighted by Gasteiger charge is 2.33. The summed E-state index contributed by atoms with van der Waals surface area (Å²) in [5.74, 6) is 0.301. The molecule has 2 heterocycles. The first kappa shape index (κ1) is 23.1. The van der Waals surface area contributed by atoms with Gasteiger partial charge in [-0.2, -0.15) is 9.61 Å². The molecule has 0 bridgehead atoms. The molecular weight excluding hydrogens is 461 g/mol. The third kappa shape index (κ3) is 4.66. The zero-order chi connectivity index (χ0) is 24.4. The van der Waals surface area contributed by atoms with E-state index in [1.54, 1.807) is 16.8 Å². The Labute approximate surface area is 209 Å². The standard InChI is InChI=1S/C26H23BClN5O2/c27-20-15-31-33-24(14-22(32-25(20)33)18-9-3-4-10-21(18)28)29-11-5-6-12-30-26(35)19-13-23(34)17-8-2-1-7-16(17)19/h1-4,7-10,14-15,19,29H,5-6,11-13H2,(H,30,35). The van der Waals surface area contributed by atoms with E-state index in [0.717, 1.165) is 29.8 Å². The lowest BCUT2D eigenvalue weighted by Crippen LogP contribution is -2.29. The molecule has 1 amide bonds. The second-order valence-corrected chi connectivity index (χ2v) is 8.94. The largest absolute Gasteiger partial charge is 0.370 e. The van der Waals surface area contributed by atoms with E-state index >= 15 is 0 Å². The summed E-state index contributed by atoms with van der Waals surface area (Å²) in [4.78, 5) is 29.4. The Bertz CT molecular complexity index is 1420. The fraction of sp³-hybridized carbons (Fsp3) is 0.231. The highest BCUT2D eigenvalue weighted by Crippen LogP contribution is 2.33. The van der Waals surface area contributed by atoms with Gasteiger partial charge in [-0.25, -0.2) is 4.98 Å². The van der Waals surface area contributed by atoms with Crippen molar-refractivity contribution in [1.29, 1.82) is 0 Å². The van der Waals surface area contributed by atoms with Crippen molar-refractivity contribution in [1.82, 2.24) is 19.9 Å². The van der Waals surface area contributed by atoms with Gasteiger partial charge in [0.15, 0.2) is 11.4 Å². The minimum absolute atomic E-state index is 0.0315. The third-order valence-electron chi connectivity index (χ3n) is 6.20. The quantitative estimate of drug-likeness (QED) is 0.296. The zero-order valence-electron chi connectivity index (χ0n) is 19.0. The van der Waals surface area contributed by atoms with Gasteiger partial charge in [0.05, 0.1) is 11.6 Å². The summed E-state index contributed by atoms with van der Waals surface area (Å²) in [5.41, 5.74) is 4.05. The highest BCUT2D eigenvalue weighted by atomic mass is 35.5. The number of nitrogens with one attached hydrogen (secondary N) is 2. The number of halogens is 1. The molecule has 1 atom stereocenters. The fourth-order valence-corrected chi connectivity index (χ4v) is 4.64. The van der Waals surface area contributed by atoms with E-state index < -0.39 is 5.92 Å². The summed E-state index contributed by atoms with van der Waals surface area (Å²) in [6, 6.07) is 16.8. The molecule has 0 saturated carbocycles. The molecule has 7 nitrogen and oxygen atoms in total. The number of fused-ring (bicyclic) bond motifs is 2. The van der Waals surface area contributed by atoms with Crippen molar-refractivity contribution in [2.45, 2.75) is 25.2 Å². The predicted octanol–water partition coefficient (Wildman–Crippen LogP) is 3.52. The molecule has 0 spiro atoms. The van der Waals surface area contributed by atoms with Gasteiger partial charge in [0.1, 0.15) is 13.7 Å². The van der Waals surface area contributed by atoms with Crippen LogP contribution in [-0.4, -0.2) is 47.2 Å². The molecule has 4 aromatic rings. The van der Waals surface area contributed by atoms with Gasteiger partial charge in [0, 0.05) is 47.9 Å². The number of hydrogen-bond donors (Lipinski definition) is 2. The summed E-state index contributed by atoms with van der Waals surface area (Å²) < 4.78 is 1.67. The molecule has 0 fully saturated rings. The number of Topliss-reactive ketones (excluding diaryl/α,β-unsaturated/α-hetero) is 1. The van der Waals surface area contributed by atoms with Crippen LogP contribution in [0.15, 0.2) is 60.8 Å². The second-order valence-electron chi connectivity index (χ2n) is 8.53. The normalized spacial score (nSPS) is 14.8. The van der Waals surface area contributed by atoms with E-state index in [9.17, 15) is 9.59 Å². The van der Waals surface area contributed by atoms with Gasteiger partial charge in [-0.15, -0.1) is 0 Å². The molecule has 9 heteroatoms. The molecule has 2 N–H and O–H groups in total. The Morgan fingerprint density at radius 1 is 1.09 bits per heavy atom. The van der Waals surface area contributed by atoms with Crippen LogP contribution in [0.3, 0.4) is 0 Å². The molecule has 0 saturated heterocycles. The van der Waals surface area contributed by atoms with Crippen LogP contribution >= 0.6 is 11.6 Å². The third-order valence-corrected chi connectivity index (χ3v) is 6.53. The van der Waals surface area contributed by atoms with Crippen LogP contribution in [0.2, 0.25) is 5.02 Å². The Hall–Kier alpha value is -3.65. The van der Waals surface area contributed by atoms with E-state index in [-0.39, 0.29) is 18.1 Å². The van der Waals surface area contributed by atoms with Gasteiger partial charge in [0.2, 0.25) is 5.91 Å². The molecule has 35 heavy (non-hydrogen) atoms. The summed E-state index contributed by atoms with van der Waals surface area (Å²) in [6.07, 6.45) is 3.42. The van der Waals surface area contributed by atoms with Gasteiger partial charge in [-0.1, -0.05) is 54.1 Å². The molecule has 1 aliphatic rings. The average Bonchev–Trinajstić information content (AvgIpc) is 3.41. The number of nitrogens with zero attached hydrogens (tertiary/aromatic N) is 3. The molecule has 5 rings (SSSR count). The molecule has 2 aromatic heterocycles. The smallest absolute Gasteiger partial charge is 0.228 e. The number of unbranched alkanes of at least 4 members (excludes halogenated alkanes) is 1. The monoisotopic (exact) mass is 483 g/mol. The minimum atomic E-state index is -0.393. The number of carbonyl (C=O) groups excluding carboxylic acids is 2. The molecule has 0 aliphatic heterocycles. The van der Waals surface area contributed by atoms with Gasteiger partial charge >= 0.3 is 0 Å². The number of hydrogen-bond acceptors (Lipinski definition) is 5. The maximum Gasteiger partial charge on any atom is 0.228 e. The van der Waals surface area contributed by atoms with E-state index in [4.69, 9.17) is 19.4 Å². The van der Waals surface area contributed by atoms with E-state index in [1.165, 1.54) is 0 Å². The minimum Gasteiger partial charge on any atom is -0.370 e. The molecule has 1 aliphatic carbocycles. The summed E-state index contributed by atoms with van der Waals surface area (Å²) in [6.45, 7) is 1.21. The van der Waals surface area contributed by atoms with Gasteiger partial charge in [-0.05, 0) is 29.9 Å². The zero-order valence-corrected chi connectivity index (χ0v) is 19.8. The van der Waals surface area contributed by atoms with Crippen LogP contribution in [0.1, 0.15) is 41.1 Å². The predicted molar refractivity (Wildman–Crippen MR) is 138 cm³/mol. The number of amides is 1. The number of benzene rings is 2. The van der Waals surface area contributed by atoms with E-state index in [2.05, 4.69) is 20.7 Å². The first-order valence-electron chi connectivity index (χ1n) is 11.6. The van der Waals surface area contributed by atoms with Crippen molar-refractivity contribution in [3.63, 3.8) is 0 Å². The second kappa shape index (κ2) is 9.92. The maximum absolute atomic E-state index is 12.6. The van der Waals surface area contributed by atoms with Crippen LogP contribution in [0.4, 0.5) is 5.82 Å². The van der Waals surface area contributed by atoms with Crippen molar-refractivity contribution in [2.24, 2.45) is 0 Å². The topological polar surface area (TPSA) is 88.4 Å². The summed E-state index contributed by atoms with van der Waals surface area (Å²) >= 11 is 6.38. The average molecular weight is 484 g/mol. The summed E-state index contributed by atoms with van der Waals surface area (Å²) in [7, 11) is 6.08. The van der Waals surface area contributed by atoms with Gasteiger partial charge in [0.25, 0.3) is 0 Å². The molecule has 1 unspecified atom stereocenters. The van der Waals surface area contributed by atoms with Crippen molar-refractivity contribution >= 4 is 48.1 Å². The fourth-order valence-electron chi connectivity index (χ4n) is 4.41. The number of ketones is 1. The first-order valence-corrected chi connectivity index (χ1v) is 11.9.